The third-order valence-electron chi connectivity index (χ3n) is 1.94. The summed E-state index contributed by atoms with van der Waals surface area (Å²) < 4.78 is 10.2. The van der Waals surface area contributed by atoms with Crippen LogP contribution in [0.3, 0.4) is 0 Å². The maximum Gasteiger partial charge on any atom is 0.231 e. The number of para-hydroxylation sites is 2. The summed E-state index contributed by atoms with van der Waals surface area (Å²) in [5, 5.41) is 0. The lowest BCUT2D eigenvalue weighted by Gasteiger charge is -1.89. The van der Waals surface area contributed by atoms with Crippen LogP contribution < -0.4 is 9.47 Å². The number of ether oxygens (including phenoxy) is 2. The molecule has 3 rings (SSSR count). The molecular weight excluding hydrogens is 260 g/mol. The van der Waals surface area contributed by atoms with Crippen molar-refractivity contribution in [1.29, 1.82) is 0 Å². The highest BCUT2D eigenvalue weighted by atomic mass is 16.7. The highest BCUT2D eigenvalue weighted by Crippen LogP contribution is 2.30. The summed E-state index contributed by atoms with van der Waals surface area (Å²) in [7, 11) is 0. The zero-order chi connectivity index (χ0) is 16.3. The molecule has 0 unspecified atom stereocenters. The lowest BCUT2D eigenvalue weighted by atomic mass is 10.3. The number of hydrogen-bond acceptors (Lipinski definition) is 2. The fourth-order valence-corrected chi connectivity index (χ4v) is 1.23. The number of fused-ring (bicyclic) bond motifs is 1. The molecule has 0 radical (unpaired) electrons. The Bertz CT molecular complexity index is 350. The molecule has 2 heteroatoms. The smallest absolute Gasteiger partial charge is 0.231 e. The first-order valence-corrected chi connectivity index (χ1v) is 7.81. The molecule has 118 valence electrons. The molecule has 2 aromatic carbocycles. The normalized spacial score (nSPS) is 9.05. The van der Waals surface area contributed by atoms with E-state index in [1.165, 1.54) is 0 Å². The SMILES string of the molecule is CC.CC.CC.c1ccc2c(c1)OCO2.c1ccccc1. The van der Waals surface area contributed by atoms with Gasteiger partial charge in [-0.3, -0.25) is 0 Å². The molecule has 0 aliphatic carbocycles. The Labute approximate surface area is 130 Å². The molecule has 0 atom stereocenters. The lowest BCUT2D eigenvalue weighted by Crippen LogP contribution is -1.92. The molecule has 1 aliphatic rings. The standard InChI is InChI=1S/C7H6O2.C6H6.3C2H6/c1-2-4-7-6(3-1)8-5-9-7;1-2-4-6-5-3-1;3*1-2/h1-4H,5H2;1-6H;3*1-2H3. The summed E-state index contributed by atoms with van der Waals surface area (Å²) in [4.78, 5) is 0. The van der Waals surface area contributed by atoms with Gasteiger partial charge >= 0.3 is 0 Å². The summed E-state index contributed by atoms with van der Waals surface area (Å²) in [6, 6.07) is 19.6. The fourth-order valence-electron chi connectivity index (χ4n) is 1.23. The molecule has 0 spiro atoms. The van der Waals surface area contributed by atoms with Crippen molar-refractivity contribution < 1.29 is 9.47 Å². The zero-order valence-corrected chi connectivity index (χ0v) is 14.3. The summed E-state index contributed by atoms with van der Waals surface area (Å²) in [6.45, 7) is 12.4. The van der Waals surface area contributed by atoms with E-state index in [9.17, 15) is 0 Å². The van der Waals surface area contributed by atoms with E-state index in [0.717, 1.165) is 11.5 Å². The predicted octanol–water partition coefficient (Wildman–Crippen LogP) is 6.18. The monoisotopic (exact) mass is 290 g/mol. The third kappa shape index (κ3) is 10.5. The molecule has 0 amide bonds. The minimum absolute atomic E-state index is 0.360. The van der Waals surface area contributed by atoms with Gasteiger partial charge in [-0.2, -0.15) is 0 Å². The molecule has 0 fully saturated rings. The maximum atomic E-state index is 5.08. The van der Waals surface area contributed by atoms with Gasteiger partial charge in [-0.25, -0.2) is 0 Å². The number of rotatable bonds is 0. The van der Waals surface area contributed by atoms with Crippen LogP contribution in [-0.4, -0.2) is 6.79 Å². The molecular formula is C19H30O2. The van der Waals surface area contributed by atoms with E-state index >= 15 is 0 Å². The summed E-state index contributed by atoms with van der Waals surface area (Å²) in [6.07, 6.45) is 0. The molecule has 1 aliphatic heterocycles. The van der Waals surface area contributed by atoms with Crippen LogP contribution >= 0.6 is 0 Å². The molecule has 2 aromatic rings. The maximum absolute atomic E-state index is 5.08. The minimum atomic E-state index is 0.360. The molecule has 1 heterocycles. The second-order valence-corrected chi connectivity index (χ2v) is 3.01. The highest BCUT2D eigenvalue weighted by molar-refractivity contribution is 5.40. The van der Waals surface area contributed by atoms with E-state index in [1.807, 2.05) is 102 Å². The van der Waals surface area contributed by atoms with E-state index in [4.69, 9.17) is 9.47 Å². The third-order valence-corrected chi connectivity index (χ3v) is 1.94. The van der Waals surface area contributed by atoms with Crippen molar-refractivity contribution in [2.45, 2.75) is 41.5 Å². The van der Waals surface area contributed by atoms with Gasteiger partial charge in [0.15, 0.2) is 11.5 Å². The Morgan fingerprint density at radius 3 is 1.10 bits per heavy atom. The van der Waals surface area contributed by atoms with Gasteiger partial charge in [0, 0.05) is 0 Å². The van der Waals surface area contributed by atoms with Crippen LogP contribution in [0.15, 0.2) is 60.7 Å². The van der Waals surface area contributed by atoms with E-state index in [1.54, 1.807) is 0 Å². The van der Waals surface area contributed by atoms with Gasteiger partial charge < -0.3 is 9.47 Å². The van der Waals surface area contributed by atoms with Crippen LogP contribution in [0.1, 0.15) is 41.5 Å². The molecule has 0 aromatic heterocycles. The largest absolute Gasteiger partial charge is 0.454 e. The van der Waals surface area contributed by atoms with Gasteiger partial charge in [-0.05, 0) is 12.1 Å². The van der Waals surface area contributed by atoms with Crippen molar-refractivity contribution in [3.63, 3.8) is 0 Å². The van der Waals surface area contributed by atoms with Gasteiger partial charge in [-0.15, -0.1) is 0 Å². The molecule has 2 nitrogen and oxygen atoms in total. The first kappa shape index (κ1) is 21.3. The quantitative estimate of drug-likeness (QED) is 0.576. The van der Waals surface area contributed by atoms with E-state index < -0.39 is 0 Å². The molecule has 0 N–H and O–H groups in total. The Hall–Kier alpha value is -1.96. The van der Waals surface area contributed by atoms with Crippen molar-refractivity contribution in [3.05, 3.63) is 60.7 Å². The van der Waals surface area contributed by atoms with Gasteiger partial charge in [0.25, 0.3) is 0 Å². The second kappa shape index (κ2) is 18.0. The van der Waals surface area contributed by atoms with Crippen molar-refractivity contribution >= 4 is 0 Å². The van der Waals surface area contributed by atoms with Crippen LogP contribution in [0.4, 0.5) is 0 Å². The Morgan fingerprint density at radius 2 is 0.810 bits per heavy atom. The predicted molar refractivity (Wildman–Crippen MR) is 93.1 cm³/mol. The summed E-state index contributed by atoms with van der Waals surface area (Å²) in [5.41, 5.74) is 0. The zero-order valence-electron chi connectivity index (χ0n) is 14.3. The molecule has 0 bridgehead atoms. The Morgan fingerprint density at radius 1 is 0.524 bits per heavy atom. The average molecular weight is 290 g/mol. The van der Waals surface area contributed by atoms with Crippen LogP contribution in [-0.2, 0) is 0 Å². The van der Waals surface area contributed by atoms with E-state index in [-0.39, 0.29) is 0 Å². The van der Waals surface area contributed by atoms with Crippen molar-refractivity contribution in [1.82, 2.24) is 0 Å². The molecule has 21 heavy (non-hydrogen) atoms. The van der Waals surface area contributed by atoms with Crippen LogP contribution in [0, 0.1) is 0 Å². The summed E-state index contributed by atoms with van der Waals surface area (Å²) >= 11 is 0. The molecule has 0 saturated heterocycles. The minimum Gasteiger partial charge on any atom is -0.454 e. The summed E-state index contributed by atoms with van der Waals surface area (Å²) in [5.74, 6) is 1.69. The van der Waals surface area contributed by atoms with Crippen molar-refractivity contribution in [2.75, 3.05) is 6.79 Å². The van der Waals surface area contributed by atoms with Gasteiger partial charge in [-0.1, -0.05) is 90.1 Å². The van der Waals surface area contributed by atoms with Gasteiger partial charge in [0.2, 0.25) is 6.79 Å². The van der Waals surface area contributed by atoms with Gasteiger partial charge in [0.1, 0.15) is 0 Å². The first-order chi connectivity index (χ1) is 10.5. The Balaban J connectivity index is 0. The number of benzene rings is 2. The Kier molecular flexibility index (Phi) is 18.3. The lowest BCUT2D eigenvalue weighted by molar-refractivity contribution is 0.174. The van der Waals surface area contributed by atoms with E-state index in [2.05, 4.69) is 0 Å². The van der Waals surface area contributed by atoms with E-state index in [0.29, 0.717) is 6.79 Å². The highest BCUT2D eigenvalue weighted by Gasteiger charge is 2.09. The topological polar surface area (TPSA) is 18.5 Å². The molecule has 0 saturated carbocycles. The van der Waals surface area contributed by atoms with Crippen molar-refractivity contribution in [3.8, 4) is 11.5 Å². The second-order valence-electron chi connectivity index (χ2n) is 3.01. The van der Waals surface area contributed by atoms with Gasteiger partial charge in [0.05, 0.1) is 0 Å². The van der Waals surface area contributed by atoms with Crippen molar-refractivity contribution in [2.24, 2.45) is 0 Å². The van der Waals surface area contributed by atoms with Crippen LogP contribution in [0.5, 0.6) is 11.5 Å². The van der Waals surface area contributed by atoms with Crippen LogP contribution in [0.25, 0.3) is 0 Å². The van der Waals surface area contributed by atoms with Crippen LogP contribution in [0.2, 0.25) is 0 Å². The fraction of sp³-hybridized carbons (Fsp3) is 0.368. The average Bonchev–Trinajstić information content (AvgIpc) is 3.11. The first-order valence-electron chi connectivity index (χ1n) is 7.81. The number of hydrogen-bond donors (Lipinski definition) is 0.